The molecule has 0 aliphatic rings. The molecule has 1 aromatic carbocycles. The van der Waals surface area contributed by atoms with Crippen LogP contribution in [0.5, 0.6) is 5.75 Å². The second-order valence-corrected chi connectivity index (χ2v) is 9.25. The van der Waals surface area contributed by atoms with Crippen molar-refractivity contribution in [1.82, 2.24) is 16.0 Å². The quantitative estimate of drug-likeness (QED) is 0.218. The minimum atomic E-state index is -1.17. The van der Waals surface area contributed by atoms with E-state index in [-0.39, 0.29) is 18.1 Å². The van der Waals surface area contributed by atoms with E-state index in [9.17, 15) is 29.4 Å². The molecule has 5 atom stereocenters. The van der Waals surface area contributed by atoms with Crippen molar-refractivity contribution in [2.24, 2.45) is 11.7 Å². The van der Waals surface area contributed by atoms with Crippen molar-refractivity contribution in [3.05, 3.63) is 29.8 Å². The molecule has 1 rings (SSSR count). The van der Waals surface area contributed by atoms with Gasteiger partial charge in [-0.15, -0.1) is 0 Å². The van der Waals surface area contributed by atoms with Gasteiger partial charge < -0.3 is 31.9 Å². The molecule has 0 fully saturated rings. The van der Waals surface area contributed by atoms with Gasteiger partial charge >= 0.3 is 5.97 Å². The highest BCUT2D eigenvalue weighted by atomic mass is 32.2. The van der Waals surface area contributed by atoms with Gasteiger partial charge in [0.1, 0.15) is 23.9 Å². The number of nitrogens with one attached hydrogen (secondary N) is 3. The Hall–Kier alpha value is -2.79. The minimum Gasteiger partial charge on any atom is -0.508 e. The van der Waals surface area contributed by atoms with E-state index in [2.05, 4.69) is 16.0 Å². The summed E-state index contributed by atoms with van der Waals surface area (Å²) in [5.74, 6) is -2.50. The maximum atomic E-state index is 13.0. The highest BCUT2D eigenvalue weighted by molar-refractivity contribution is 7.98. The number of phenols is 1. The molecule has 0 spiro atoms. The van der Waals surface area contributed by atoms with Crippen LogP contribution in [0, 0.1) is 5.92 Å². The Balaban J connectivity index is 2.97. The van der Waals surface area contributed by atoms with Gasteiger partial charge in [-0.25, -0.2) is 4.79 Å². The van der Waals surface area contributed by atoms with Crippen LogP contribution in [0.2, 0.25) is 0 Å². The van der Waals surface area contributed by atoms with E-state index in [1.165, 1.54) is 19.1 Å². The van der Waals surface area contributed by atoms with Crippen LogP contribution in [-0.2, 0) is 25.6 Å². The van der Waals surface area contributed by atoms with E-state index in [4.69, 9.17) is 5.73 Å². The third kappa shape index (κ3) is 9.60. The van der Waals surface area contributed by atoms with Crippen molar-refractivity contribution < 1.29 is 29.4 Å². The van der Waals surface area contributed by atoms with E-state index < -0.39 is 47.9 Å². The fraction of sp³-hybridized carbons (Fsp3) is 0.565. The number of benzene rings is 1. The molecule has 0 aromatic heterocycles. The maximum absolute atomic E-state index is 13.0. The van der Waals surface area contributed by atoms with Crippen LogP contribution < -0.4 is 21.7 Å². The summed E-state index contributed by atoms with van der Waals surface area (Å²) in [5.41, 5.74) is 6.49. The SMILES string of the molecule is CCC(C)C(NC(=O)C(Cc1ccc(O)cc1)NC(=O)C(C)NC(=O)C(N)CCSC)C(=O)O. The molecule has 0 saturated heterocycles. The Kier molecular flexibility index (Phi) is 12.4. The van der Waals surface area contributed by atoms with Crippen molar-refractivity contribution in [1.29, 1.82) is 0 Å². The Morgan fingerprint density at radius 1 is 1.00 bits per heavy atom. The molecule has 11 heteroatoms. The van der Waals surface area contributed by atoms with Crippen LogP contribution >= 0.6 is 11.8 Å². The van der Waals surface area contributed by atoms with Crippen LogP contribution in [0.3, 0.4) is 0 Å². The predicted octanol–water partition coefficient (Wildman–Crippen LogP) is 0.620. The Morgan fingerprint density at radius 2 is 1.62 bits per heavy atom. The summed E-state index contributed by atoms with van der Waals surface area (Å²) < 4.78 is 0. The lowest BCUT2D eigenvalue weighted by atomic mass is 9.98. The molecule has 5 unspecified atom stereocenters. The average molecular weight is 497 g/mol. The van der Waals surface area contributed by atoms with Gasteiger partial charge in [-0.3, -0.25) is 14.4 Å². The van der Waals surface area contributed by atoms with Gasteiger partial charge in [0.2, 0.25) is 17.7 Å². The number of nitrogens with two attached hydrogens (primary N) is 1. The number of hydrogen-bond donors (Lipinski definition) is 6. The number of thioether (sulfide) groups is 1. The first-order chi connectivity index (χ1) is 16.0. The zero-order chi connectivity index (χ0) is 25.8. The lowest BCUT2D eigenvalue weighted by Crippen LogP contribution is -2.57. The number of carboxylic acid groups (broad SMARTS) is 1. The van der Waals surface area contributed by atoms with Crippen LogP contribution in [0.4, 0.5) is 0 Å². The molecular weight excluding hydrogens is 460 g/mol. The lowest BCUT2D eigenvalue weighted by molar-refractivity contribution is -0.143. The Morgan fingerprint density at radius 3 is 2.15 bits per heavy atom. The number of hydrogen-bond acceptors (Lipinski definition) is 7. The zero-order valence-electron chi connectivity index (χ0n) is 20.0. The second kappa shape index (κ2) is 14.5. The lowest BCUT2D eigenvalue weighted by Gasteiger charge is -2.26. The number of amides is 3. The summed E-state index contributed by atoms with van der Waals surface area (Å²) in [4.78, 5) is 49.7. The second-order valence-electron chi connectivity index (χ2n) is 8.26. The van der Waals surface area contributed by atoms with E-state index in [0.717, 1.165) is 0 Å². The topological polar surface area (TPSA) is 171 Å². The maximum Gasteiger partial charge on any atom is 0.326 e. The average Bonchev–Trinajstić information content (AvgIpc) is 2.80. The van der Waals surface area contributed by atoms with Crippen molar-refractivity contribution >= 4 is 35.5 Å². The molecule has 0 saturated carbocycles. The molecule has 7 N–H and O–H groups in total. The monoisotopic (exact) mass is 496 g/mol. The Bertz CT molecular complexity index is 835. The highest BCUT2D eigenvalue weighted by Gasteiger charge is 2.31. The molecular formula is C23H36N4O6S. The third-order valence-corrected chi connectivity index (χ3v) is 6.15. The third-order valence-electron chi connectivity index (χ3n) is 5.51. The van der Waals surface area contributed by atoms with Gasteiger partial charge in [0, 0.05) is 6.42 Å². The van der Waals surface area contributed by atoms with Gasteiger partial charge in [-0.1, -0.05) is 32.4 Å². The molecule has 0 aliphatic heterocycles. The van der Waals surface area contributed by atoms with E-state index in [1.807, 2.05) is 13.2 Å². The fourth-order valence-corrected chi connectivity index (χ4v) is 3.56. The predicted molar refractivity (Wildman–Crippen MR) is 131 cm³/mol. The fourth-order valence-electron chi connectivity index (χ4n) is 3.07. The number of carbonyl (C=O) groups excluding carboxylic acids is 3. The largest absolute Gasteiger partial charge is 0.508 e. The number of carbonyl (C=O) groups is 4. The summed E-state index contributed by atoms with van der Waals surface area (Å²) in [5, 5.41) is 26.7. The minimum absolute atomic E-state index is 0.0469. The summed E-state index contributed by atoms with van der Waals surface area (Å²) in [6, 6.07) is 2.14. The van der Waals surface area contributed by atoms with Gasteiger partial charge in [0.25, 0.3) is 0 Å². The molecule has 0 heterocycles. The van der Waals surface area contributed by atoms with Crippen molar-refractivity contribution in [3.8, 4) is 5.75 Å². The van der Waals surface area contributed by atoms with Crippen LogP contribution in [0.15, 0.2) is 24.3 Å². The number of carboxylic acids is 1. The summed E-state index contributed by atoms with van der Waals surface area (Å²) >= 11 is 1.55. The number of aromatic hydroxyl groups is 1. The molecule has 3 amide bonds. The van der Waals surface area contributed by atoms with Crippen molar-refractivity contribution in [2.45, 2.75) is 64.2 Å². The number of phenolic OH excluding ortho intramolecular Hbond substituents is 1. The molecule has 0 radical (unpaired) electrons. The van der Waals surface area contributed by atoms with Crippen LogP contribution in [0.25, 0.3) is 0 Å². The summed E-state index contributed by atoms with van der Waals surface area (Å²) in [7, 11) is 0. The van der Waals surface area contributed by atoms with Gasteiger partial charge in [-0.2, -0.15) is 11.8 Å². The Labute approximate surface area is 204 Å². The standard InChI is InChI=1S/C23H36N4O6S/c1-5-13(2)19(23(32)33)27-22(31)18(12-15-6-8-16(28)9-7-15)26-20(29)14(3)25-21(30)17(24)10-11-34-4/h6-9,13-14,17-19,28H,5,10-12,24H2,1-4H3,(H,25,30)(H,26,29)(H,27,31)(H,32,33). The molecule has 190 valence electrons. The first kappa shape index (κ1) is 29.2. The summed E-state index contributed by atoms with van der Waals surface area (Å²) in [6.45, 7) is 5.00. The number of aliphatic carboxylic acids is 1. The molecule has 10 nitrogen and oxygen atoms in total. The molecule has 34 heavy (non-hydrogen) atoms. The smallest absolute Gasteiger partial charge is 0.326 e. The van der Waals surface area contributed by atoms with E-state index in [1.54, 1.807) is 30.8 Å². The van der Waals surface area contributed by atoms with Gasteiger partial charge in [0.15, 0.2) is 0 Å². The normalized spacial score (nSPS) is 15.3. The van der Waals surface area contributed by atoms with Gasteiger partial charge in [-0.05, 0) is 49.0 Å². The summed E-state index contributed by atoms with van der Waals surface area (Å²) in [6.07, 6.45) is 2.94. The molecule has 1 aromatic rings. The molecule has 0 bridgehead atoms. The first-order valence-corrected chi connectivity index (χ1v) is 12.6. The van der Waals surface area contributed by atoms with Crippen LogP contribution in [0.1, 0.15) is 39.2 Å². The van der Waals surface area contributed by atoms with E-state index in [0.29, 0.717) is 24.2 Å². The van der Waals surface area contributed by atoms with Gasteiger partial charge in [0.05, 0.1) is 6.04 Å². The molecule has 0 aliphatic carbocycles. The highest BCUT2D eigenvalue weighted by Crippen LogP contribution is 2.13. The number of rotatable bonds is 14. The van der Waals surface area contributed by atoms with Crippen molar-refractivity contribution in [2.75, 3.05) is 12.0 Å². The van der Waals surface area contributed by atoms with E-state index >= 15 is 0 Å². The first-order valence-electron chi connectivity index (χ1n) is 11.2. The van der Waals surface area contributed by atoms with Crippen LogP contribution in [-0.4, -0.2) is 70.1 Å². The van der Waals surface area contributed by atoms with Crippen molar-refractivity contribution in [3.63, 3.8) is 0 Å². The zero-order valence-corrected chi connectivity index (χ0v) is 20.9.